The molecule has 110 valence electrons. The van der Waals surface area contributed by atoms with Crippen LogP contribution in [0.3, 0.4) is 0 Å². The first-order chi connectivity index (χ1) is 9.54. The molecule has 0 unspecified atom stereocenters. The molecule has 1 aliphatic rings. The van der Waals surface area contributed by atoms with Gasteiger partial charge in [0.2, 0.25) is 0 Å². The molecular formula is C14H18Br2N2O2. The lowest BCUT2D eigenvalue weighted by atomic mass is 10.2. The quantitative estimate of drug-likeness (QED) is 0.836. The summed E-state index contributed by atoms with van der Waals surface area (Å²) in [5.41, 5.74) is 1.27. The van der Waals surface area contributed by atoms with Gasteiger partial charge in [0.15, 0.2) is 0 Å². The van der Waals surface area contributed by atoms with Crippen molar-refractivity contribution in [3.63, 3.8) is 0 Å². The van der Waals surface area contributed by atoms with Crippen LogP contribution in [0.25, 0.3) is 0 Å². The van der Waals surface area contributed by atoms with E-state index in [1.807, 2.05) is 11.0 Å². The Bertz CT molecular complexity index is 482. The second kappa shape index (κ2) is 7.54. The number of carboxylic acid groups (broad SMARTS) is 1. The van der Waals surface area contributed by atoms with Gasteiger partial charge in [-0.15, -0.1) is 0 Å². The largest absolute Gasteiger partial charge is 0.480 e. The highest BCUT2D eigenvalue weighted by atomic mass is 79.9. The van der Waals surface area contributed by atoms with Crippen LogP contribution in [0, 0.1) is 0 Å². The van der Waals surface area contributed by atoms with E-state index in [1.165, 1.54) is 5.56 Å². The van der Waals surface area contributed by atoms with E-state index >= 15 is 0 Å². The number of hydrogen-bond donors (Lipinski definition) is 1. The molecule has 1 N–H and O–H groups in total. The van der Waals surface area contributed by atoms with Gasteiger partial charge in [-0.05, 0) is 62.5 Å². The van der Waals surface area contributed by atoms with E-state index in [1.54, 1.807) is 0 Å². The summed E-state index contributed by atoms with van der Waals surface area (Å²) < 4.78 is 2.13. The van der Waals surface area contributed by atoms with E-state index in [9.17, 15) is 4.79 Å². The Labute approximate surface area is 136 Å². The average molecular weight is 406 g/mol. The first-order valence-corrected chi connectivity index (χ1v) is 8.23. The van der Waals surface area contributed by atoms with Crippen LogP contribution in [0.2, 0.25) is 0 Å². The average Bonchev–Trinajstić information content (AvgIpc) is 2.59. The molecule has 1 aliphatic heterocycles. The number of nitrogens with zero attached hydrogens (tertiary/aromatic N) is 2. The third-order valence-corrected chi connectivity index (χ3v) is 5.31. The molecule has 2 rings (SSSR count). The fourth-order valence-electron chi connectivity index (χ4n) is 2.43. The predicted molar refractivity (Wildman–Crippen MR) is 85.8 cm³/mol. The van der Waals surface area contributed by atoms with Crippen LogP contribution in [-0.4, -0.2) is 53.6 Å². The minimum Gasteiger partial charge on any atom is -0.480 e. The van der Waals surface area contributed by atoms with E-state index in [0.717, 1.165) is 48.1 Å². The molecule has 0 aromatic heterocycles. The van der Waals surface area contributed by atoms with Crippen molar-refractivity contribution >= 4 is 37.8 Å². The molecule has 0 amide bonds. The van der Waals surface area contributed by atoms with E-state index in [4.69, 9.17) is 5.11 Å². The van der Waals surface area contributed by atoms with Gasteiger partial charge in [0.05, 0.1) is 6.54 Å². The molecule has 1 heterocycles. The Morgan fingerprint density at radius 3 is 2.50 bits per heavy atom. The van der Waals surface area contributed by atoms with Crippen molar-refractivity contribution in [1.29, 1.82) is 0 Å². The van der Waals surface area contributed by atoms with Crippen molar-refractivity contribution in [3.8, 4) is 0 Å². The number of carbonyl (C=O) groups is 1. The molecule has 0 bridgehead atoms. The van der Waals surface area contributed by atoms with Crippen molar-refractivity contribution in [2.75, 3.05) is 32.7 Å². The molecule has 0 aliphatic carbocycles. The molecule has 1 aromatic rings. The second-order valence-corrected chi connectivity index (χ2v) is 6.76. The van der Waals surface area contributed by atoms with E-state index in [2.05, 4.69) is 48.9 Å². The SMILES string of the molecule is O=C(O)CN1CCCN(Cc2ccc(Br)c(Br)c2)CC1. The first-order valence-electron chi connectivity index (χ1n) is 6.65. The van der Waals surface area contributed by atoms with Gasteiger partial charge in [-0.3, -0.25) is 14.6 Å². The fourth-order valence-corrected chi connectivity index (χ4v) is 3.10. The number of halogens is 2. The molecule has 4 nitrogen and oxygen atoms in total. The Kier molecular flexibility index (Phi) is 6.01. The minimum absolute atomic E-state index is 0.150. The van der Waals surface area contributed by atoms with Crippen LogP contribution in [0.5, 0.6) is 0 Å². The van der Waals surface area contributed by atoms with Gasteiger partial charge in [0.1, 0.15) is 0 Å². The van der Waals surface area contributed by atoms with Crippen molar-refractivity contribution in [1.82, 2.24) is 9.80 Å². The Morgan fingerprint density at radius 1 is 1.10 bits per heavy atom. The predicted octanol–water partition coefficient (Wildman–Crippen LogP) is 2.80. The van der Waals surface area contributed by atoms with Crippen LogP contribution in [0.1, 0.15) is 12.0 Å². The zero-order valence-electron chi connectivity index (χ0n) is 11.2. The van der Waals surface area contributed by atoms with Crippen molar-refractivity contribution in [3.05, 3.63) is 32.7 Å². The highest BCUT2D eigenvalue weighted by molar-refractivity contribution is 9.13. The Balaban J connectivity index is 1.90. The van der Waals surface area contributed by atoms with Gasteiger partial charge >= 0.3 is 5.97 Å². The van der Waals surface area contributed by atoms with Gasteiger partial charge < -0.3 is 5.11 Å². The smallest absolute Gasteiger partial charge is 0.317 e. The number of rotatable bonds is 4. The lowest BCUT2D eigenvalue weighted by molar-refractivity contribution is -0.138. The summed E-state index contributed by atoms with van der Waals surface area (Å²) in [7, 11) is 0. The van der Waals surface area contributed by atoms with Gasteiger partial charge in [-0.1, -0.05) is 6.07 Å². The second-order valence-electron chi connectivity index (χ2n) is 5.05. The number of carboxylic acids is 1. The number of benzene rings is 1. The Morgan fingerprint density at radius 2 is 1.80 bits per heavy atom. The molecule has 20 heavy (non-hydrogen) atoms. The molecular weight excluding hydrogens is 388 g/mol. The summed E-state index contributed by atoms with van der Waals surface area (Å²) >= 11 is 7.00. The van der Waals surface area contributed by atoms with Gasteiger partial charge in [-0.2, -0.15) is 0 Å². The summed E-state index contributed by atoms with van der Waals surface area (Å²) in [6.45, 7) is 4.69. The van der Waals surface area contributed by atoms with E-state index in [0.29, 0.717) is 0 Å². The van der Waals surface area contributed by atoms with Crippen LogP contribution in [0.4, 0.5) is 0 Å². The third kappa shape index (κ3) is 4.84. The van der Waals surface area contributed by atoms with E-state index in [-0.39, 0.29) is 6.54 Å². The first kappa shape index (κ1) is 15.9. The summed E-state index contributed by atoms with van der Waals surface area (Å²) in [4.78, 5) is 15.2. The van der Waals surface area contributed by atoms with Crippen LogP contribution in [-0.2, 0) is 11.3 Å². The van der Waals surface area contributed by atoms with Crippen molar-refractivity contribution in [2.45, 2.75) is 13.0 Å². The van der Waals surface area contributed by atoms with Crippen LogP contribution >= 0.6 is 31.9 Å². The fraction of sp³-hybridized carbons (Fsp3) is 0.500. The maximum absolute atomic E-state index is 10.8. The number of aliphatic carboxylic acids is 1. The topological polar surface area (TPSA) is 43.8 Å². The highest BCUT2D eigenvalue weighted by Gasteiger charge is 2.16. The molecule has 1 aromatic carbocycles. The van der Waals surface area contributed by atoms with Crippen molar-refractivity contribution in [2.24, 2.45) is 0 Å². The molecule has 0 spiro atoms. The lowest BCUT2D eigenvalue weighted by Gasteiger charge is -2.21. The standard InChI is InChI=1S/C14H18Br2N2O2/c15-12-3-2-11(8-13(12)16)9-17-4-1-5-18(7-6-17)10-14(19)20/h2-3,8H,1,4-7,9-10H2,(H,19,20). The maximum atomic E-state index is 10.8. The molecule has 0 atom stereocenters. The summed E-state index contributed by atoms with van der Waals surface area (Å²) in [5.74, 6) is -0.740. The molecule has 1 saturated heterocycles. The summed E-state index contributed by atoms with van der Waals surface area (Å²) in [5, 5.41) is 8.85. The highest BCUT2D eigenvalue weighted by Crippen LogP contribution is 2.24. The molecule has 0 radical (unpaired) electrons. The maximum Gasteiger partial charge on any atom is 0.317 e. The van der Waals surface area contributed by atoms with E-state index < -0.39 is 5.97 Å². The molecule has 0 saturated carbocycles. The van der Waals surface area contributed by atoms with Gasteiger partial charge in [0.25, 0.3) is 0 Å². The molecule has 1 fully saturated rings. The van der Waals surface area contributed by atoms with Gasteiger partial charge in [0, 0.05) is 35.1 Å². The zero-order chi connectivity index (χ0) is 14.5. The lowest BCUT2D eigenvalue weighted by Crippen LogP contribution is -2.34. The van der Waals surface area contributed by atoms with Crippen LogP contribution in [0.15, 0.2) is 27.1 Å². The summed E-state index contributed by atoms with van der Waals surface area (Å²) in [6, 6.07) is 6.30. The zero-order valence-corrected chi connectivity index (χ0v) is 14.4. The van der Waals surface area contributed by atoms with Crippen LogP contribution < -0.4 is 0 Å². The molecule has 6 heteroatoms. The summed E-state index contributed by atoms with van der Waals surface area (Å²) in [6.07, 6.45) is 1.02. The third-order valence-electron chi connectivity index (χ3n) is 3.43. The normalized spacial score (nSPS) is 17.9. The monoisotopic (exact) mass is 404 g/mol. The van der Waals surface area contributed by atoms with Crippen molar-refractivity contribution < 1.29 is 9.90 Å². The Hall–Kier alpha value is -0.430. The number of hydrogen-bond acceptors (Lipinski definition) is 3. The minimum atomic E-state index is -0.740. The van der Waals surface area contributed by atoms with Gasteiger partial charge in [-0.25, -0.2) is 0 Å².